The maximum atomic E-state index is 13.1. The van der Waals surface area contributed by atoms with E-state index in [1.807, 2.05) is 0 Å². The Kier molecular flexibility index (Phi) is 4.44. The molecule has 0 amide bonds. The monoisotopic (exact) mass is 220 g/mol. The van der Waals surface area contributed by atoms with Gasteiger partial charge in [0.25, 0.3) is 0 Å². The van der Waals surface area contributed by atoms with Crippen LogP contribution in [0.15, 0.2) is 0 Å². The van der Waals surface area contributed by atoms with Gasteiger partial charge >= 0.3 is 5.97 Å². The summed E-state index contributed by atoms with van der Waals surface area (Å²) in [5.41, 5.74) is 5.49. The predicted molar refractivity (Wildman–Crippen MR) is 52.1 cm³/mol. The third-order valence-electron chi connectivity index (χ3n) is 2.26. The standard InChI is InChI=1S/C9H17FN2O3/c1-5(11)4-15-7-3-2-6(10)8(12-7)9(13)14/h5-8,12H,2-4,11H2,1H3,(H,13,14). The van der Waals surface area contributed by atoms with E-state index in [2.05, 4.69) is 5.32 Å². The van der Waals surface area contributed by atoms with Crippen LogP contribution < -0.4 is 11.1 Å². The normalized spacial score (nSPS) is 33.7. The Hall–Kier alpha value is -0.720. The molecule has 0 bridgehead atoms. The molecule has 5 nitrogen and oxygen atoms in total. The number of nitrogens with two attached hydrogens (primary N) is 1. The lowest BCUT2D eigenvalue weighted by atomic mass is 10.0. The van der Waals surface area contributed by atoms with Gasteiger partial charge in [0.15, 0.2) is 0 Å². The minimum atomic E-state index is -1.35. The Balaban J connectivity index is 2.40. The number of hydrogen-bond acceptors (Lipinski definition) is 4. The van der Waals surface area contributed by atoms with Crippen LogP contribution in [0.4, 0.5) is 4.39 Å². The first kappa shape index (κ1) is 12.4. The largest absolute Gasteiger partial charge is 0.480 e. The Labute approximate surface area is 87.8 Å². The molecule has 0 aliphatic carbocycles. The highest BCUT2D eigenvalue weighted by molar-refractivity contribution is 5.74. The van der Waals surface area contributed by atoms with E-state index in [9.17, 15) is 9.18 Å². The molecule has 1 heterocycles. The van der Waals surface area contributed by atoms with Gasteiger partial charge in [0.1, 0.15) is 18.4 Å². The highest BCUT2D eigenvalue weighted by Gasteiger charge is 2.35. The molecule has 0 aromatic carbocycles. The van der Waals surface area contributed by atoms with Crippen LogP contribution in [-0.2, 0) is 9.53 Å². The van der Waals surface area contributed by atoms with Gasteiger partial charge < -0.3 is 15.6 Å². The number of ether oxygens (including phenoxy) is 1. The molecule has 4 atom stereocenters. The third kappa shape index (κ3) is 3.73. The van der Waals surface area contributed by atoms with Crippen molar-refractivity contribution in [3.8, 4) is 0 Å². The smallest absolute Gasteiger partial charge is 0.323 e. The predicted octanol–water partition coefficient (Wildman–Crippen LogP) is -0.149. The molecule has 0 spiro atoms. The van der Waals surface area contributed by atoms with Crippen molar-refractivity contribution in [2.24, 2.45) is 5.73 Å². The molecule has 88 valence electrons. The average Bonchev–Trinajstić information content (AvgIpc) is 2.16. The van der Waals surface area contributed by atoms with Gasteiger partial charge in [-0.15, -0.1) is 0 Å². The number of halogens is 1. The van der Waals surface area contributed by atoms with Gasteiger partial charge in [-0.1, -0.05) is 0 Å². The quantitative estimate of drug-likeness (QED) is 0.613. The van der Waals surface area contributed by atoms with Crippen LogP contribution in [0.25, 0.3) is 0 Å². The maximum absolute atomic E-state index is 13.1. The van der Waals surface area contributed by atoms with Crippen LogP contribution in [0.1, 0.15) is 19.8 Å². The lowest BCUT2D eigenvalue weighted by Crippen LogP contribution is -2.54. The van der Waals surface area contributed by atoms with Crippen molar-refractivity contribution in [1.82, 2.24) is 5.32 Å². The summed E-state index contributed by atoms with van der Waals surface area (Å²) in [7, 11) is 0. The Bertz CT molecular complexity index is 225. The first-order valence-electron chi connectivity index (χ1n) is 5.01. The molecule has 1 aliphatic rings. The highest BCUT2D eigenvalue weighted by atomic mass is 19.1. The Morgan fingerprint density at radius 1 is 1.73 bits per heavy atom. The van der Waals surface area contributed by atoms with Gasteiger partial charge in [-0.3, -0.25) is 10.1 Å². The van der Waals surface area contributed by atoms with Crippen LogP contribution in [-0.4, -0.2) is 42.2 Å². The minimum Gasteiger partial charge on any atom is -0.480 e. The van der Waals surface area contributed by atoms with E-state index < -0.39 is 24.4 Å². The average molecular weight is 220 g/mol. The second kappa shape index (κ2) is 5.39. The zero-order valence-electron chi connectivity index (χ0n) is 8.65. The first-order valence-corrected chi connectivity index (χ1v) is 5.01. The fourth-order valence-corrected chi connectivity index (χ4v) is 1.49. The van der Waals surface area contributed by atoms with Gasteiger partial charge in [0, 0.05) is 6.04 Å². The van der Waals surface area contributed by atoms with Gasteiger partial charge in [-0.05, 0) is 19.8 Å². The first-order chi connectivity index (χ1) is 7.00. The summed E-state index contributed by atoms with van der Waals surface area (Å²) < 4.78 is 18.5. The highest BCUT2D eigenvalue weighted by Crippen LogP contribution is 2.17. The van der Waals surface area contributed by atoms with Crippen LogP contribution >= 0.6 is 0 Å². The lowest BCUT2D eigenvalue weighted by molar-refractivity contribution is -0.145. The van der Waals surface area contributed by atoms with Crippen molar-refractivity contribution in [2.45, 2.75) is 44.2 Å². The molecule has 1 aliphatic heterocycles. The number of nitrogens with one attached hydrogen (secondary N) is 1. The van der Waals surface area contributed by atoms with Crippen LogP contribution in [0, 0.1) is 0 Å². The van der Waals surface area contributed by atoms with Gasteiger partial charge in [-0.25, -0.2) is 4.39 Å². The van der Waals surface area contributed by atoms with Gasteiger partial charge in [0.2, 0.25) is 0 Å². The summed E-state index contributed by atoms with van der Waals surface area (Å²) in [6.07, 6.45) is -1.09. The number of carbonyl (C=O) groups is 1. The van der Waals surface area contributed by atoms with Crippen molar-refractivity contribution in [3.05, 3.63) is 0 Å². The van der Waals surface area contributed by atoms with E-state index in [0.29, 0.717) is 13.0 Å². The summed E-state index contributed by atoms with van der Waals surface area (Å²) in [5.74, 6) is -1.18. The minimum absolute atomic E-state index is 0.113. The Morgan fingerprint density at radius 2 is 2.40 bits per heavy atom. The zero-order valence-corrected chi connectivity index (χ0v) is 8.65. The molecular formula is C9H17FN2O3. The summed E-state index contributed by atoms with van der Waals surface area (Å²) in [6.45, 7) is 2.12. The van der Waals surface area contributed by atoms with Crippen molar-refractivity contribution >= 4 is 5.97 Å². The molecule has 15 heavy (non-hydrogen) atoms. The van der Waals surface area contributed by atoms with E-state index in [1.54, 1.807) is 6.92 Å². The van der Waals surface area contributed by atoms with E-state index in [0.717, 1.165) is 0 Å². The number of carboxylic acid groups (broad SMARTS) is 1. The van der Waals surface area contributed by atoms with Crippen LogP contribution in [0.3, 0.4) is 0 Å². The molecule has 1 rings (SSSR count). The van der Waals surface area contributed by atoms with E-state index in [1.165, 1.54) is 0 Å². The second-order valence-electron chi connectivity index (χ2n) is 3.88. The number of carboxylic acids is 1. The topological polar surface area (TPSA) is 84.6 Å². The van der Waals surface area contributed by atoms with Crippen LogP contribution in [0.5, 0.6) is 0 Å². The van der Waals surface area contributed by atoms with E-state index in [-0.39, 0.29) is 12.5 Å². The number of aliphatic carboxylic acids is 1. The van der Waals surface area contributed by atoms with Crippen molar-refractivity contribution < 1.29 is 19.0 Å². The number of alkyl halides is 1. The van der Waals surface area contributed by atoms with E-state index >= 15 is 0 Å². The molecule has 6 heteroatoms. The maximum Gasteiger partial charge on any atom is 0.323 e. The van der Waals surface area contributed by atoms with Gasteiger partial charge in [-0.2, -0.15) is 0 Å². The number of piperidine rings is 1. The number of hydrogen-bond donors (Lipinski definition) is 3. The summed E-state index contributed by atoms with van der Waals surface area (Å²) in [5, 5.41) is 11.3. The molecular weight excluding hydrogens is 203 g/mol. The molecule has 0 saturated carbocycles. The summed E-state index contributed by atoms with van der Waals surface area (Å²) in [4.78, 5) is 10.7. The van der Waals surface area contributed by atoms with E-state index in [4.69, 9.17) is 15.6 Å². The molecule has 4 unspecified atom stereocenters. The summed E-state index contributed by atoms with van der Waals surface area (Å²) >= 11 is 0. The van der Waals surface area contributed by atoms with Crippen LogP contribution in [0.2, 0.25) is 0 Å². The molecule has 0 aromatic rings. The zero-order chi connectivity index (χ0) is 11.4. The number of rotatable bonds is 4. The molecule has 0 aromatic heterocycles. The third-order valence-corrected chi connectivity index (χ3v) is 2.26. The fraction of sp³-hybridized carbons (Fsp3) is 0.889. The summed E-state index contributed by atoms with van der Waals surface area (Å²) in [6, 6.07) is -1.28. The van der Waals surface area contributed by atoms with Crippen molar-refractivity contribution in [1.29, 1.82) is 0 Å². The molecule has 4 N–H and O–H groups in total. The molecule has 1 saturated heterocycles. The fourth-order valence-electron chi connectivity index (χ4n) is 1.49. The van der Waals surface area contributed by atoms with Crippen molar-refractivity contribution in [3.63, 3.8) is 0 Å². The molecule has 0 radical (unpaired) electrons. The second-order valence-corrected chi connectivity index (χ2v) is 3.88. The molecule has 1 fully saturated rings. The van der Waals surface area contributed by atoms with Crippen molar-refractivity contribution in [2.75, 3.05) is 6.61 Å². The van der Waals surface area contributed by atoms with Gasteiger partial charge in [0.05, 0.1) is 6.61 Å². The SMILES string of the molecule is CC(N)COC1CCC(F)C(C(=O)O)N1. The lowest BCUT2D eigenvalue weighted by Gasteiger charge is -2.31. The Morgan fingerprint density at radius 3 is 2.93 bits per heavy atom.